The Balaban J connectivity index is 1.82. The number of hydrogen-bond acceptors (Lipinski definition) is 6. The topological polar surface area (TPSA) is 103 Å². The molecule has 1 aliphatic rings. The highest BCUT2D eigenvalue weighted by Crippen LogP contribution is 2.33. The van der Waals surface area contributed by atoms with Crippen molar-refractivity contribution in [1.82, 2.24) is 9.66 Å². The number of fused-ring (bicyclic) bond motifs is 1. The molecule has 0 amide bonds. The molecule has 1 aromatic heterocycles. The molecule has 1 heterocycles. The second kappa shape index (κ2) is 9.85. The van der Waals surface area contributed by atoms with Crippen LogP contribution in [0.5, 0.6) is 11.5 Å². The second-order valence-electron chi connectivity index (χ2n) is 8.16. The minimum atomic E-state index is -1.10. The van der Waals surface area contributed by atoms with Crippen LogP contribution in [0.4, 0.5) is 0 Å². The zero-order valence-corrected chi connectivity index (χ0v) is 18.7. The number of ether oxygens (including phenoxy) is 2. The molecule has 172 valence electrons. The highest BCUT2D eigenvalue weighted by molar-refractivity contribution is 5.86. The van der Waals surface area contributed by atoms with E-state index in [1.165, 1.54) is 31.3 Å². The molecule has 0 aliphatic heterocycles. The first-order valence-electron chi connectivity index (χ1n) is 11.1. The van der Waals surface area contributed by atoms with E-state index in [1.807, 2.05) is 12.1 Å². The van der Waals surface area contributed by atoms with E-state index in [0.717, 1.165) is 25.7 Å². The van der Waals surface area contributed by atoms with E-state index >= 15 is 0 Å². The molecule has 1 saturated carbocycles. The molecule has 1 N–H and O–H groups in total. The Kier molecular flexibility index (Phi) is 6.72. The van der Waals surface area contributed by atoms with Crippen molar-refractivity contribution in [3.8, 4) is 11.5 Å². The SMILES string of the molecule is COc1cccc(C=Nn2c(C3CCCCC3)nc3ccccc3c2=O)c1O[C@@H](C)C(=O)O. The van der Waals surface area contributed by atoms with Crippen LogP contribution in [0.3, 0.4) is 0 Å². The van der Waals surface area contributed by atoms with Gasteiger partial charge in [0.2, 0.25) is 0 Å². The number of carbonyl (C=O) groups is 1. The number of aromatic nitrogens is 2. The van der Waals surface area contributed by atoms with Crippen molar-refractivity contribution in [3.63, 3.8) is 0 Å². The number of aliphatic carboxylic acids is 1. The first kappa shape index (κ1) is 22.5. The van der Waals surface area contributed by atoms with Gasteiger partial charge in [-0.1, -0.05) is 37.5 Å². The van der Waals surface area contributed by atoms with E-state index in [-0.39, 0.29) is 17.2 Å². The number of hydrogen-bond donors (Lipinski definition) is 1. The zero-order valence-electron chi connectivity index (χ0n) is 18.7. The molecule has 3 aromatic rings. The van der Waals surface area contributed by atoms with Crippen LogP contribution < -0.4 is 15.0 Å². The number of carboxylic acid groups (broad SMARTS) is 1. The predicted octanol–water partition coefficient (Wildman–Crippen LogP) is 4.19. The van der Waals surface area contributed by atoms with Crippen LogP contribution in [-0.2, 0) is 4.79 Å². The average molecular weight is 450 g/mol. The van der Waals surface area contributed by atoms with Gasteiger partial charge in [-0.15, -0.1) is 0 Å². The Hall–Kier alpha value is -3.68. The van der Waals surface area contributed by atoms with Gasteiger partial charge < -0.3 is 14.6 Å². The van der Waals surface area contributed by atoms with Crippen molar-refractivity contribution in [3.05, 3.63) is 64.2 Å². The number of rotatable bonds is 7. The Morgan fingerprint density at radius 2 is 1.94 bits per heavy atom. The number of para-hydroxylation sites is 2. The number of benzene rings is 2. The van der Waals surface area contributed by atoms with Crippen LogP contribution in [0.15, 0.2) is 52.4 Å². The van der Waals surface area contributed by atoms with Crippen LogP contribution in [0, 0.1) is 0 Å². The van der Waals surface area contributed by atoms with E-state index in [0.29, 0.717) is 28.0 Å². The Morgan fingerprint density at radius 1 is 1.18 bits per heavy atom. The summed E-state index contributed by atoms with van der Waals surface area (Å²) in [6.07, 6.45) is 5.71. The highest BCUT2D eigenvalue weighted by Gasteiger charge is 2.23. The molecule has 0 bridgehead atoms. The maximum atomic E-state index is 13.4. The lowest BCUT2D eigenvalue weighted by molar-refractivity contribution is -0.144. The summed E-state index contributed by atoms with van der Waals surface area (Å²) in [7, 11) is 1.48. The van der Waals surface area contributed by atoms with Gasteiger partial charge in [0.15, 0.2) is 17.6 Å². The summed E-state index contributed by atoms with van der Waals surface area (Å²) in [4.78, 5) is 29.5. The molecule has 0 unspecified atom stereocenters. The molecule has 1 aliphatic carbocycles. The van der Waals surface area contributed by atoms with Gasteiger partial charge >= 0.3 is 5.97 Å². The second-order valence-corrected chi connectivity index (χ2v) is 8.16. The zero-order chi connectivity index (χ0) is 23.4. The van der Waals surface area contributed by atoms with Crippen molar-refractivity contribution in [2.24, 2.45) is 5.10 Å². The average Bonchev–Trinajstić information content (AvgIpc) is 2.84. The molecule has 2 aromatic carbocycles. The van der Waals surface area contributed by atoms with E-state index in [2.05, 4.69) is 5.10 Å². The lowest BCUT2D eigenvalue weighted by Crippen LogP contribution is -2.25. The number of methoxy groups -OCH3 is 1. The van der Waals surface area contributed by atoms with Gasteiger partial charge in [0.1, 0.15) is 5.82 Å². The molecule has 0 radical (unpaired) electrons. The predicted molar refractivity (Wildman–Crippen MR) is 126 cm³/mol. The fourth-order valence-corrected chi connectivity index (χ4v) is 4.15. The molecule has 1 atom stereocenters. The summed E-state index contributed by atoms with van der Waals surface area (Å²) in [5, 5.41) is 14.3. The van der Waals surface area contributed by atoms with E-state index in [9.17, 15) is 14.7 Å². The third-order valence-electron chi connectivity index (χ3n) is 5.93. The highest BCUT2D eigenvalue weighted by atomic mass is 16.5. The smallest absolute Gasteiger partial charge is 0.344 e. The van der Waals surface area contributed by atoms with Crippen LogP contribution in [0.2, 0.25) is 0 Å². The summed E-state index contributed by atoms with van der Waals surface area (Å²) in [6, 6.07) is 12.4. The molecule has 4 rings (SSSR count). The minimum absolute atomic E-state index is 0.154. The summed E-state index contributed by atoms with van der Waals surface area (Å²) >= 11 is 0. The summed E-state index contributed by atoms with van der Waals surface area (Å²) in [6.45, 7) is 1.44. The molecule has 33 heavy (non-hydrogen) atoms. The van der Waals surface area contributed by atoms with E-state index in [1.54, 1.807) is 30.3 Å². The molecular weight excluding hydrogens is 422 g/mol. The van der Waals surface area contributed by atoms with Crippen LogP contribution in [0.25, 0.3) is 10.9 Å². The van der Waals surface area contributed by atoms with Gasteiger partial charge in [-0.3, -0.25) is 4.79 Å². The van der Waals surface area contributed by atoms with Gasteiger partial charge in [-0.25, -0.2) is 9.78 Å². The Labute approximate surface area is 191 Å². The van der Waals surface area contributed by atoms with Gasteiger partial charge in [0.25, 0.3) is 5.56 Å². The third kappa shape index (κ3) is 4.74. The van der Waals surface area contributed by atoms with Crippen molar-refractivity contribution in [2.45, 2.75) is 51.0 Å². The van der Waals surface area contributed by atoms with Gasteiger partial charge in [0, 0.05) is 11.5 Å². The molecule has 8 nitrogen and oxygen atoms in total. The molecule has 1 fully saturated rings. The largest absolute Gasteiger partial charge is 0.493 e. The van der Waals surface area contributed by atoms with Crippen molar-refractivity contribution < 1.29 is 19.4 Å². The Bertz CT molecular complexity index is 1240. The standard InChI is InChI=1S/C25H27N3O5/c1-16(25(30)31)33-22-18(11-8-14-21(22)32-2)15-26-28-23(17-9-4-3-5-10-17)27-20-13-7-6-12-19(20)24(28)29/h6-8,11-17H,3-5,9-10H2,1-2H3,(H,30,31)/t16-/m0/s1. The Morgan fingerprint density at radius 3 is 2.67 bits per heavy atom. The fraction of sp³-hybridized carbons (Fsp3) is 0.360. The molecule has 0 spiro atoms. The first-order chi connectivity index (χ1) is 16.0. The van der Waals surface area contributed by atoms with Gasteiger partial charge in [-0.05, 0) is 44.0 Å². The molecule has 0 saturated heterocycles. The van der Waals surface area contributed by atoms with Gasteiger partial charge in [0.05, 0.1) is 24.2 Å². The summed E-state index contributed by atoms with van der Waals surface area (Å²) in [5.41, 5.74) is 0.925. The lowest BCUT2D eigenvalue weighted by atomic mass is 9.88. The summed E-state index contributed by atoms with van der Waals surface area (Å²) in [5.74, 6) is 0.335. The quantitative estimate of drug-likeness (QED) is 0.543. The van der Waals surface area contributed by atoms with Gasteiger partial charge in [-0.2, -0.15) is 9.78 Å². The third-order valence-corrected chi connectivity index (χ3v) is 5.93. The normalized spacial score (nSPS) is 15.6. The van der Waals surface area contributed by atoms with Crippen molar-refractivity contribution in [2.75, 3.05) is 7.11 Å². The van der Waals surface area contributed by atoms with Crippen LogP contribution >= 0.6 is 0 Å². The molecular formula is C25H27N3O5. The lowest BCUT2D eigenvalue weighted by Gasteiger charge is -2.22. The van der Waals surface area contributed by atoms with Crippen LogP contribution in [-0.4, -0.2) is 40.2 Å². The molecule has 8 heteroatoms. The van der Waals surface area contributed by atoms with Crippen LogP contribution in [0.1, 0.15) is 56.3 Å². The number of nitrogens with zero attached hydrogens (tertiary/aromatic N) is 3. The maximum Gasteiger partial charge on any atom is 0.344 e. The van der Waals surface area contributed by atoms with Crippen molar-refractivity contribution in [1.29, 1.82) is 0 Å². The maximum absolute atomic E-state index is 13.4. The number of carboxylic acids is 1. The monoisotopic (exact) mass is 449 g/mol. The first-order valence-corrected chi connectivity index (χ1v) is 11.1. The van der Waals surface area contributed by atoms with E-state index in [4.69, 9.17) is 14.5 Å². The van der Waals surface area contributed by atoms with Crippen molar-refractivity contribution >= 4 is 23.1 Å². The van der Waals surface area contributed by atoms with E-state index < -0.39 is 12.1 Å². The fourth-order valence-electron chi connectivity index (χ4n) is 4.15. The minimum Gasteiger partial charge on any atom is -0.493 e. The summed E-state index contributed by atoms with van der Waals surface area (Å²) < 4.78 is 12.4.